The first-order valence-corrected chi connectivity index (χ1v) is 8.42. The number of nitrogens with zero attached hydrogens (tertiary/aromatic N) is 3. The third-order valence-electron chi connectivity index (χ3n) is 4.90. The van der Waals surface area contributed by atoms with Gasteiger partial charge in [0.1, 0.15) is 11.6 Å². The van der Waals surface area contributed by atoms with Gasteiger partial charge in [-0.2, -0.15) is 0 Å². The number of aromatic nitrogens is 3. The van der Waals surface area contributed by atoms with Gasteiger partial charge in [-0.05, 0) is 31.5 Å². The fourth-order valence-corrected chi connectivity index (χ4v) is 3.69. The summed E-state index contributed by atoms with van der Waals surface area (Å²) >= 11 is 0. The molecule has 0 bridgehead atoms. The van der Waals surface area contributed by atoms with E-state index in [1.807, 2.05) is 36.6 Å². The summed E-state index contributed by atoms with van der Waals surface area (Å²) in [6.45, 7) is 3.94. The Labute approximate surface area is 155 Å². The van der Waals surface area contributed by atoms with Crippen LogP contribution in [0.4, 0.5) is 5.82 Å². The van der Waals surface area contributed by atoms with Crippen LogP contribution in [0.25, 0.3) is 27.5 Å². The van der Waals surface area contributed by atoms with Crippen molar-refractivity contribution in [2.24, 2.45) is 5.73 Å². The molecule has 0 saturated heterocycles. The predicted molar refractivity (Wildman–Crippen MR) is 105 cm³/mol. The van der Waals surface area contributed by atoms with Crippen LogP contribution >= 0.6 is 0 Å². The lowest BCUT2D eigenvalue weighted by Crippen LogP contribution is -2.14. The van der Waals surface area contributed by atoms with Crippen molar-refractivity contribution in [1.29, 1.82) is 0 Å². The van der Waals surface area contributed by atoms with Gasteiger partial charge in [0, 0.05) is 34.9 Å². The van der Waals surface area contributed by atoms with Crippen molar-refractivity contribution >= 4 is 33.5 Å². The van der Waals surface area contributed by atoms with Crippen molar-refractivity contribution in [3.8, 4) is 11.4 Å². The molecule has 3 heterocycles. The van der Waals surface area contributed by atoms with Gasteiger partial charge in [-0.3, -0.25) is 19.3 Å². The first-order chi connectivity index (χ1) is 13.0. The number of anilines is 1. The third kappa shape index (κ3) is 2.32. The van der Waals surface area contributed by atoms with Crippen LogP contribution in [-0.2, 0) is 0 Å². The largest absolute Gasteiger partial charge is 0.496 e. The Hall–Kier alpha value is -3.61. The molecule has 4 N–H and O–H groups in total. The van der Waals surface area contributed by atoms with Crippen LogP contribution in [0.15, 0.2) is 36.8 Å². The highest BCUT2D eigenvalue weighted by atomic mass is 16.5. The summed E-state index contributed by atoms with van der Waals surface area (Å²) in [5, 5.41) is 1.39. The minimum absolute atomic E-state index is 0.255. The van der Waals surface area contributed by atoms with Gasteiger partial charge in [0.05, 0.1) is 29.4 Å². The highest BCUT2D eigenvalue weighted by Crippen LogP contribution is 2.38. The van der Waals surface area contributed by atoms with Gasteiger partial charge in [-0.25, -0.2) is 0 Å². The summed E-state index contributed by atoms with van der Waals surface area (Å²) in [5.41, 5.74) is 16.6. The van der Waals surface area contributed by atoms with E-state index in [0.29, 0.717) is 5.39 Å². The molecule has 4 aromatic rings. The van der Waals surface area contributed by atoms with Crippen molar-refractivity contribution in [2.45, 2.75) is 13.8 Å². The molecule has 7 nitrogen and oxygen atoms in total. The van der Waals surface area contributed by atoms with E-state index in [4.69, 9.17) is 16.2 Å². The predicted octanol–water partition coefficient (Wildman–Crippen LogP) is 2.88. The zero-order valence-electron chi connectivity index (χ0n) is 15.3. The van der Waals surface area contributed by atoms with Gasteiger partial charge < -0.3 is 16.2 Å². The molecular weight excluding hydrogens is 342 g/mol. The zero-order valence-corrected chi connectivity index (χ0v) is 15.3. The topological polar surface area (TPSA) is 109 Å². The molecule has 1 aromatic carbocycles. The van der Waals surface area contributed by atoms with E-state index in [1.165, 1.54) is 0 Å². The van der Waals surface area contributed by atoms with Crippen LogP contribution in [0.1, 0.15) is 21.5 Å². The van der Waals surface area contributed by atoms with Gasteiger partial charge in [0.15, 0.2) is 0 Å². The summed E-state index contributed by atoms with van der Waals surface area (Å²) in [4.78, 5) is 20.8. The number of methoxy groups -OCH3 is 1. The highest BCUT2D eigenvalue weighted by molar-refractivity contribution is 6.17. The van der Waals surface area contributed by atoms with E-state index >= 15 is 0 Å². The van der Waals surface area contributed by atoms with Crippen LogP contribution in [0.2, 0.25) is 0 Å². The van der Waals surface area contributed by atoms with Gasteiger partial charge in [0.25, 0.3) is 5.91 Å². The molecule has 1 amide bonds. The lowest BCUT2D eigenvalue weighted by molar-refractivity contribution is 0.100. The molecule has 0 saturated carbocycles. The number of rotatable bonds is 3. The number of ether oxygens (including phenoxy) is 1. The average Bonchev–Trinajstić information content (AvgIpc) is 2.95. The fraction of sp³-hybridized carbons (Fsp3) is 0.150. The Kier molecular flexibility index (Phi) is 3.73. The minimum Gasteiger partial charge on any atom is -0.496 e. The molecule has 0 aliphatic heterocycles. The van der Waals surface area contributed by atoms with E-state index in [2.05, 4.69) is 9.97 Å². The average molecular weight is 361 g/mol. The summed E-state index contributed by atoms with van der Waals surface area (Å²) in [6, 6.07) is 5.68. The summed E-state index contributed by atoms with van der Waals surface area (Å²) in [7, 11) is 1.62. The van der Waals surface area contributed by atoms with Crippen molar-refractivity contribution in [3.63, 3.8) is 0 Å². The van der Waals surface area contributed by atoms with E-state index in [-0.39, 0.29) is 11.4 Å². The number of pyridine rings is 2. The fourth-order valence-electron chi connectivity index (χ4n) is 3.69. The maximum absolute atomic E-state index is 12.2. The summed E-state index contributed by atoms with van der Waals surface area (Å²) < 4.78 is 7.34. The summed E-state index contributed by atoms with van der Waals surface area (Å²) in [5.74, 6) is 0.406. The number of hydrogen-bond acceptors (Lipinski definition) is 5. The maximum atomic E-state index is 12.2. The minimum atomic E-state index is -0.598. The van der Waals surface area contributed by atoms with Crippen molar-refractivity contribution in [2.75, 3.05) is 12.8 Å². The van der Waals surface area contributed by atoms with Gasteiger partial charge in [0.2, 0.25) is 0 Å². The van der Waals surface area contributed by atoms with Crippen molar-refractivity contribution in [3.05, 3.63) is 53.5 Å². The Balaban J connectivity index is 2.27. The lowest BCUT2D eigenvalue weighted by atomic mass is 10.1. The van der Waals surface area contributed by atoms with Gasteiger partial charge in [-0.15, -0.1) is 0 Å². The Morgan fingerprint density at radius 3 is 2.63 bits per heavy atom. The maximum Gasteiger partial charge on any atom is 0.253 e. The Morgan fingerprint density at radius 1 is 1.15 bits per heavy atom. The second kappa shape index (κ2) is 5.98. The number of nitrogen functional groups attached to an aromatic ring is 1. The number of aryl methyl sites for hydroxylation is 1. The molecule has 0 aliphatic rings. The normalized spacial score (nSPS) is 11.2. The van der Waals surface area contributed by atoms with Crippen LogP contribution < -0.4 is 16.2 Å². The smallest absolute Gasteiger partial charge is 0.253 e. The van der Waals surface area contributed by atoms with Crippen LogP contribution in [-0.4, -0.2) is 27.6 Å². The number of primary amides is 1. The molecule has 0 spiro atoms. The molecule has 0 fully saturated rings. The van der Waals surface area contributed by atoms with E-state index in [1.54, 1.807) is 25.7 Å². The Bertz CT molecular complexity index is 1230. The molecule has 0 unspecified atom stereocenters. The number of carbonyl (C=O) groups excluding carboxylic acids is 1. The molecule has 4 rings (SSSR count). The lowest BCUT2D eigenvalue weighted by Gasteiger charge is -2.17. The molecular formula is C20H19N5O2. The molecule has 7 heteroatoms. The van der Waals surface area contributed by atoms with Crippen LogP contribution in [0, 0.1) is 13.8 Å². The van der Waals surface area contributed by atoms with E-state index < -0.39 is 5.91 Å². The van der Waals surface area contributed by atoms with E-state index in [0.717, 1.165) is 39.0 Å². The number of carbonyl (C=O) groups is 1. The number of amides is 1. The third-order valence-corrected chi connectivity index (χ3v) is 4.90. The van der Waals surface area contributed by atoms with Gasteiger partial charge in [-0.1, -0.05) is 6.07 Å². The Morgan fingerprint density at radius 2 is 1.93 bits per heavy atom. The first kappa shape index (κ1) is 16.8. The van der Waals surface area contributed by atoms with Crippen molar-refractivity contribution < 1.29 is 9.53 Å². The number of benzene rings is 1. The van der Waals surface area contributed by atoms with Gasteiger partial charge >= 0.3 is 0 Å². The second-order valence-electron chi connectivity index (χ2n) is 6.43. The monoisotopic (exact) mass is 361 g/mol. The standard InChI is InChI=1S/C20H19N5O2/c1-10-4-5-15(27-3)11(2)17(10)25-18-12-8-23-7-6-14(12)24-9-13(18)16(19(25)21)20(22)26/h4-9H,21H2,1-3H3,(H2,22,26). The first-order valence-electron chi connectivity index (χ1n) is 8.42. The molecule has 136 valence electrons. The number of hydrogen-bond donors (Lipinski definition) is 2. The molecule has 0 atom stereocenters. The molecule has 0 radical (unpaired) electrons. The van der Waals surface area contributed by atoms with Crippen molar-refractivity contribution in [1.82, 2.24) is 14.5 Å². The van der Waals surface area contributed by atoms with Crippen LogP contribution in [0.3, 0.4) is 0 Å². The molecule has 0 aliphatic carbocycles. The SMILES string of the molecule is COc1ccc(C)c(-n2c(N)c(C(N)=O)c3cnc4ccncc4c32)c1C. The second-order valence-corrected chi connectivity index (χ2v) is 6.43. The summed E-state index contributed by atoms with van der Waals surface area (Å²) in [6.07, 6.45) is 5.03. The zero-order chi connectivity index (χ0) is 19.3. The van der Waals surface area contributed by atoms with E-state index in [9.17, 15) is 4.79 Å². The quantitative estimate of drug-likeness (QED) is 0.583. The number of fused-ring (bicyclic) bond motifs is 3. The van der Waals surface area contributed by atoms with Crippen LogP contribution in [0.5, 0.6) is 5.75 Å². The highest BCUT2D eigenvalue weighted by Gasteiger charge is 2.24. The molecule has 27 heavy (non-hydrogen) atoms. The number of nitrogens with two attached hydrogens (primary N) is 2. The molecule has 3 aromatic heterocycles.